The molecule has 0 radical (unpaired) electrons. The average molecular weight is 212 g/mol. The zero-order valence-electron chi connectivity index (χ0n) is 9.58. The van der Waals surface area contributed by atoms with Gasteiger partial charge in [0.15, 0.2) is 0 Å². The second-order valence-electron chi connectivity index (χ2n) is 4.26. The first-order valence-corrected chi connectivity index (χ1v) is 5.52. The van der Waals surface area contributed by atoms with Crippen LogP contribution in [0.5, 0.6) is 0 Å². The van der Waals surface area contributed by atoms with E-state index >= 15 is 0 Å². The number of carbonyl (C=O) groups is 2. The molecule has 0 amide bonds. The molecule has 4 nitrogen and oxygen atoms in total. The Labute approximate surface area is 91.0 Å². The average Bonchev–Trinajstić information content (AvgIpc) is 2.17. The third-order valence-electron chi connectivity index (χ3n) is 2.80. The van der Waals surface area contributed by atoms with Crippen LogP contribution in [0, 0.1) is 5.92 Å². The molecule has 86 valence electrons. The topological polar surface area (TPSA) is 49.4 Å². The molecule has 0 aliphatic carbocycles. The number of nitrogens with zero attached hydrogens (tertiary/aromatic N) is 1. The summed E-state index contributed by atoms with van der Waals surface area (Å²) < 4.78 is 0. The molecule has 1 heterocycles. The van der Waals surface area contributed by atoms with Gasteiger partial charge in [-0.2, -0.15) is 0 Å². The first-order chi connectivity index (χ1) is 7.09. The fourth-order valence-electron chi connectivity index (χ4n) is 1.89. The van der Waals surface area contributed by atoms with Crippen molar-refractivity contribution < 1.29 is 9.59 Å². The van der Waals surface area contributed by atoms with E-state index in [0.29, 0.717) is 6.42 Å². The largest absolute Gasteiger partial charge is 0.314 e. The number of nitrogens with one attached hydrogen (secondary N) is 1. The highest BCUT2D eigenvalue weighted by molar-refractivity contribution is 5.85. The van der Waals surface area contributed by atoms with Gasteiger partial charge in [-0.3, -0.25) is 4.79 Å². The molecule has 0 saturated carbocycles. The van der Waals surface area contributed by atoms with Gasteiger partial charge in [-0.1, -0.05) is 0 Å². The van der Waals surface area contributed by atoms with Crippen molar-refractivity contribution in [3.8, 4) is 0 Å². The van der Waals surface area contributed by atoms with Gasteiger partial charge in [0.2, 0.25) is 0 Å². The van der Waals surface area contributed by atoms with E-state index in [1.807, 2.05) is 0 Å². The monoisotopic (exact) mass is 212 g/mol. The summed E-state index contributed by atoms with van der Waals surface area (Å²) in [4.78, 5) is 24.6. The standard InChI is InChI=1S/C11H20N2O2/c1-9(14)7-11(10(2)15)8-13-5-3-12-4-6-13/h11-12H,3-8H2,1-2H3. The van der Waals surface area contributed by atoms with Crippen molar-refractivity contribution in [1.82, 2.24) is 10.2 Å². The molecule has 0 aromatic rings. The molecule has 1 aliphatic heterocycles. The Morgan fingerprint density at radius 2 is 1.87 bits per heavy atom. The van der Waals surface area contributed by atoms with Gasteiger partial charge in [-0.25, -0.2) is 0 Å². The van der Waals surface area contributed by atoms with E-state index in [9.17, 15) is 9.59 Å². The minimum atomic E-state index is -0.111. The van der Waals surface area contributed by atoms with Crippen LogP contribution in [-0.4, -0.2) is 49.2 Å². The van der Waals surface area contributed by atoms with E-state index in [4.69, 9.17) is 0 Å². The van der Waals surface area contributed by atoms with Crippen LogP contribution in [0.3, 0.4) is 0 Å². The lowest BCUT2D eigenvalue weighted by Crippen LogP contribution is -2.46. The molecule has 1 rings (SSSR count). The molecule has 1 N–H and O–H groups in total. The molecule has 1 aliphatic rings. The quantitative estimate of drug-likeness (QED) is 0.701. The van der Waals surface area contributed by atoms with Crippen LogP contribution in [0.25, 0.3) is 0 Å². The summed E-state index contributed by atoms with van der Waals surface area (Å²) in [6, 6.07) is 0. The van der Waals surface area contributed by atoms with Crippen LogP contribution in [0.2, 0.25) is 0 Å². The Bertz CT molecular complexity index is 235. The molecule has 0 aromatic carbocycles. The van der Waals surface area contributed by atoms with E-state index in [0.717, 1.165) is 32.7 Å². The van der Waals surface area contributed by atoms with E-state index in [1.165, 1.54) is 0 Å². The lowest BCUT2D eigenvalue weighted by Gasteiger charge is -2.29. The fraction of sp³-hybridized carbons (Fsp3) is 0.818. The molecule has 4 heteroatoms. The minimum Gasteiger partial charge on any atom is -0.314 e. The summed E-state index contributed by atoms with van der Waals surface area (Å²) in [5.74, 6) is 0.120. The molecule has 1 unspecified atom stereocenters. The normalized spacial score (nSPS) is 19.9. The first-order valence-electron chi connectivity index (χ1n) is 5.52. The van der Waals surface area contributed by atoms with Crippen molar-refractivity contribution in [2.75, 3.05) is 32.7 Å². The predicted octanol–water partition coefficient (Wildman–Crippen LogP) is 0.0759. The maximum atomic E-state index is 11.4. The summed E-state index contributed by atoms with van der Waals surface area (Å²) in [5, 5.41) is 3.26. The third kappa shape index (κ3) is 4.53. The SMILES string of the molecule is CC(=O)CC(CN1CCNCC1)C(C)=O. The van der Waals surface area contributed by atoms with Crippen LogP contribution in [-0.2, 0) is 9.59 Å². The Morgan fingerprint density at radius 1 is 1.27 bits per heavy atom. The Kier molecular flexibility index (Phi) is 4.91. The highest BCUT2D eigenvalue weighted by Gasteiger charge is 2.20. The maximum Gasteiger partial charge on any atom is 0.134 e. The van der Waals surface area contributed by atoms with Crippen molar-refractivity contribution in [2.24, 2.45) is 5.92 Å². The van der Waals surface area contributed by atoms with Crippen molar-refractivity contribution in [2.45, 2.75) is 20.3 Å². The summed E-state index contributed by atoms with van der Waals surface area (Å²) in [6.07, 6.45) is 0.388. The van der Waals surface area contributed by atoms with Crippen LogP contribution < -0.4 is 5.32 Å². The van der Waals surface area contributed by atoms with E-state index in [2.05, 4.69) is 10.2 Å². The number of hydrogen-bond acceptors (Lipinski definition) is 4. The zero-order valence-corrected chi connectivity index (χ0v) is 9.58. The zero-order chi connectivity index (χ0) is 11.3. The van der Waals surface area contributed by atoms with Gasteiger partial charge in [0, 0.05) is 45.1 Å². The summed E-state index contributed by atoms with van der Waals surface area (Å²) in [7, 11) is 0. The number of carbonyl (C=O) groups excluding carboxylic acids is 2. The summed E-state index contributed by atoms with van der Waals surface area (Å²) in [6.45, 7) is 7.76. The molecule has 1 atom stereocenters. The molecule has 15 heavy (non-hydrogen) atoms. The lowest BCUT2D eigenvalue weighted by atomic mass is 9.98. The highest BCUT2D eigenvalue weighted by atomic mass is 16.1. The summed E-state index contributed by atoms with van der Waals surface area (Å²) in [5.41, 5.74) is 0. The van der Waals surface area contributed by atoms with Gasteiger partial charge in [0.05, 0.1) is 0 Å². The van der Waals surface area contributed by atoms with Crippen molar-refractivity contribution >= 4 is 11.6 Å². The Morgan fingerprint density at radius 3 is 2.33 bits per heavy atom. The molecule has 1 saturated heterocycles. The molecular formula is C11H20N2O2. The maximum absolute atomic E-state index is 11.4. The van der Waals surface area contributed by atoms with Gasteiger partial charge in [0.1, 0.15) is 11.6 Å². The van der Waals surface area contributed by atoms with Crippen LogP contribution in [0.15, 0.2) is 0 Å². The molecule has 0 spiro atoms. The number of piperazine rings is 1. The second-order valence-corrected chi connectivity index (χ2v) is 4.26. The molecule has 0 aromatic heterocycles. The number of Topliss-reactive ketones (excluding diaryl/α,β-unsaturated/α-hetero) is 2. The smallest absolute Gasteiger partial charge is 0.134 e. The van der Waals surface area contributed by atoms with E-state index < -0.39 is 0 Å². The highest BCUT2D eigenvalue weighted by Crippen LogP contribution is 2.09. The number of rotatable bonds is 5. The summed E-state index contributed by atoms with van der Waals surface area (Å²) >= 11 is 0. The van der Waals surface area contributed by atoms with Crippen molar-refractivity contribution in [3.63, 3.8) is 0 Å². The molecular weight excluding hydrogens is 192 g/mol. The number of hydrogen-bond donors (Lipinski definition) is 1. The van der Waals surface area contributed by atoms with E-state index in [-0.39, 0.29) is 17.5 Å². The van der Waals surface area contributed by atoms with Crippen LogP contribution >= 0.6 is 0 Å². The third-order valence-corrected chi connectivity index (χ3v) is 2.80. The van der Waals surface area contributed by atoms with Gasteiger partial charge >= 0.3 is 0 Å². The van der Waals surface area contributed by atoms with Gasteiger partial charge in [0.25, 0.3) is 0 Å². The fourth-order valence-corrected chi connectivity index (χ4v) is 1.89. The van der Waals surface area contributed by atoms with E-state index in [1.54, 1.807) is 13.8 Å². The van der Waals surface area contributed by atoms with Crippen LogP contribution in [0.1, 0.15) is 20.3 Å². The van der Waals surface area contributed by atoms with Gasteiger partial charge < -0.3 is 15.0 Å². The second kappa shape index (κ2) is 5.98. The minimum absolute atomic E-state index is 0.102. The van der Waals surface area contributed by atoms with Crippen molar-refractivity contribution in [3.05, 3.63) is 0 Å². The first kappa shape index (κ1) is 12.3. The Balaban J connectivity index is 2.42. The molecule has 0 bridgehead atoms. The molecule has 1 fully saturated rings. The van der Waals surface area contributed by atoms with Crippen LogP contribution in [0.4, 0.5) is 0 Å². The Hall–Kier alpha value is -0.740. The van der Waals surface area contributed by atoms with Crippen molar-refractivity contribution in [1.29, 1.82) is 0 Å². The van der Waals surface area contributed by atoms with Gasteiger partial charge in [-0.05, 0) is 13.8 Å². The lowest BCUT2D eigenvalue weighted by molar-refractivity contribution is -0.126. The number of ketones is 2. The van der Waals surface area contributed by atoms with Gasteiger partial charge in [-0.15, -0.1) is 0 Å². The predicted molar refractivity (Wildman–Crippen MR) is 58.8 cm³/mol.